The lowest BCUT2D eigenvalue weighted by atomic mass is 10.0. The quantitative estimate of drug-likeness (QED) is 0.428. The first kappa shape index (κ1) is 23.4. The fourth-order valence-corrected chi connectivity index (χ4v) is 4.04. The van der Waals surface area contributed by atoms with Gasteiger partial charge in [-0.1, -0.05) is 18.2 Å². The number of rotatable bonds is 6. The molecule has 2 heterocycles. The van der Waals surface area contributed by atoms with Crippen LogP contribution in [0, 0.1) is 10.1 Å². The molecule has 1 amide bonds. The molecule has 0 saturated carbocycles. The lowest BCUT2D eigenvalue weighted by Gasteiger charge is -2.32. The molecule has 11 heteroatoms. The van der Waals surface area contributed by atoms with E-state index in [1.165, 1.54) is 41.4 Å². The number of nitro benzene ring substituents is 1. The first-order valence-electron chi connectivity index (χ1n) is 10.7. The van der Waals surface area contributed by atoms with Crippen LogP contribution >= 0.6 is 0 Å². The van der Waals surface area contributed by atoms with Crippen molar-refractivity contribution in [3.63, 3.8) is 0 Å². The number of nitro groups is 1. The molecule has 1 saturated heterocycles. The number of alkyl halides is 3. The Balaban J connectivity index is 1.35. The Kier molecular flexibility index (Phi) is 6.64. The molecule has 0 spiro atoms. The third kappa shape index (κ3) is 5.42. The van der Waals surface area contributed by atoms with Crippen LogP contribution in [-0.4, -0.2) is 44.4 Å². The minimum absolute atomic E-state index is 0.127. The highest BCUT2D eigenvalue weighted by Gasteiger charge is 2.30. The largest absolute Gasteiger partial charge is 0.416 e. The molecule has 4 rings (SSSR count). The molecule has 178 valence electrons. The van der Waals surface area contributed by atoms with E-state index >= 15 is 0 Å². The van der Waals surface area contributed by atoms with Gasteiger partial charge in [0.15, 0.2) is 0 Å². The van der Waals surface area contributed by atoms with Crippen LogP contribution in [0.5, 0.6) is 0 Å². The van der Waals surface area contributed by atoms with E-state index in [4.69, 9.17) is 0 Å². The molecule has 8 nitrogen and oxygen atoms in total. The van der Waals surface area contributed by atoms with Crippen molar-refractivity contribution in [2.75, 3.05) is 13.1 Å². The zero-order chi connectivity index (χ0) is 24.3. The van der Waals surface area contributed by atoms with E-state index in [0.717, 1.165) is 12.1 Å². The van der Waals surface area contributed by atoms with Gasteiger partial charge in [-0.2, -0.15) is 13.2 Å². The maximum absolute atomic E-state index is 12.9. The number of carbonyl (C=O) groups is 1. The maximum atomic E-state index is 12.9. The highest BCUT2D eigenvalue weighted by molar-refractivity contribution is 5.95. The summed E-state index contributed by atoms with van der Waals surface area (Å²) in [5, 5.41) is 14.4. The van der Waals surface area contributed by atoms with Gasteiger partial charge in [0.25, 0.3) is 11.6 Å². The monoisotopic (exact) mass is 473 g/mol. The van der Waals surface area contributed by atoms with Gasteiger partial charge in [-0.3, -0.25) is 19.8 Å². The fraction of sp³-hybridized carbons (Fsp3) is 0.304. The Bertz CT molecular complexity index is 1170. The number of aromatic nitrogens is 2. The molecule has 34 heavy (non-hydrogen) atoms. The maximum Gasteiger partial charge on any atom is 0.416 e. The van der Waals surface area contributed by atoms with Crippen molar-refractivity contribution in [2.24, 2.45) is 0 Å². The average Bonchev–Trinajstić information content (AvgIpc) is 3.34. The molecule has 0 aliphatic carbocycles. The second-order valence-electron chi connectivity index (χ2n) is 8.15. The van der Waals surface area contributed by atoms with Crippen molar-refractivity contribution in [3.05, 3.63) is 88.0 Å². The van der Waals surface area contributed by atoms with Gasteiger partial charge in [0.2, 0.25) is 0 Å². The normalized spacial score (nSPS) is 15.3. The van der Waals surface area contributed by atoms with Crippen LogP contribution in [0.1, 0.15) is 34.3 Å². The number of likely N-dealkylation sites (tertiary alicyclic amines) is 1. The van der Waals surface area contributed by atoms with Crippen LogP contribution in [0.15, 0.2) is 61.2 Å². The number of piperidine rings is 1. The number of nitrogens with one attached hydrogen (secondary N) is 1. The van der Waals surface area contributed by atoms with E-state index in [1.54, 1.807) is 12.3 Å². The van der Waals surface area contributed by atoms with Crippen LogP contribution in [0.3, 0.4) is 0 Å². The molecule has 0 unspecified atom stereocenters. The summed E-state index contributed by atoms with van der Waals surface area (Å²) in [5.41, 5.74) is 0.202. The van der Waals surface area contributed by atoms with Gasteiger partial charge in [0.05, 0.1) is 16.8 Å². The van der Waals surface area contributed by atoms with Gasteiger partial charge in [0, 0.05) is 49.7 Å². The molecule has 1 aromatic heterocycles. The molecule has 1 aliphatic heterocycles. The van der Waals surface area contributed by atoms with E-state index in [2.05, 4.69) is 10.3 Å². The number of carbonyl (C=O) groups excluding carboxylic acids is 1. The Morgan fingerprint density at radius 1 is 1.18 bits per heavy atom. The van der Waals surface area contributed by atoms with Crippen LogP contribution in [0.2, 0.25) is 0 Å². The highest BCUT2D eigenvalue weighted by Crippen LogP contribution is 2.30. The molecular formula is C23H22F3N5O3. The van der Waals surface area contributed by atoms with Crippen LogP contribution in [0.25, 0.3) is 5.69 Å². The van der Waals surface area contributed by atoms with Gasteiger partial charge >= 0.3 is 6.18 Å². The van der Waals surface area contributed by atoms with E-state index < -0.39 is 22.6 Å². The zero-order valence-electron chi connectivity index (χ0n) is 18.0. The summed E-state index contributed by atoms with van der Waals surface area (Å²) >= 11 is 0. The van der Waals surface area contributed by atoms with Crippen LogP contribution in [-0.2, 0) is 12.7 Å². The molecule has 0 atom stereocenters. The van der Waals surface area contributed by atoms with Crippen molar-refractivity contribution in [3.8, 4) is 5.69 Å². The predicted octanol–water partition coefficient (Wildman–Crippen LogP) is 4.19. The lowest BCUT2D eigenvalue weighted by Crippen LogP contribution is -2.44. The summed E-state index contributed by atoms with van der Waals surface area (Å²) in [7, 11) is 0. The zero-order valence-corrected chi connectivity index (χ0v) is 18.0. The van der Waals surface area contributed by atoms with Crippen LogP contribution in [0.4, 0.5) is 18.9 Å². The highest BCUT2D eigenvalue weighted by atomic mass is 19.4. The summed E-state index contributed by atoms with van der Waals surface area (Å²) in [6.45, 7) is 1.62. The topological polar surface area (TPSA) is 93.3 Å². The molecule has 0 radical (unpaired) electrons. The number of halogens is 3. The van der Waals surface area contributed by atoms with Gasteiger partial charge < -0.3 is 9.88 Å². The van der Waals surface area contributed by atoms with Crippen molar-refractivity contribution in [1.29, 1.82) is 0 Å². The molecule has 0 bridgehead atoms. The summed E-state index contributed by atoms with van der Waals surface area (Å²) in [6.07, 6.45) is 1.40. The summed E-state index contributed by atoms with van der Waals surface area (Å²) < 4.78 is 40.3. The lowest BCUT2D eigenvalue weighted by molar-refractivity contribution is -0.384. The number of hydrogen-bond acceptors (Lipinski definition) is 5. The molecule has 1 N–H and O–H groups in total. The fourth-order valence-electron chi connectivity index (χ4n) is 4.04. The first-order valence-corrected chi connectivity index (χ1v) is 10.7. The van der Waals surface area contributed by atoms with Gasteiger partial charge in [-0.05, 0) is 36.6 Å². The molecule has 3 aromatic rings. The number of benzene rings is 2. The second-order valence-corrected chi connectivity index (χ2v) is 8.15. The van der Waals surface area contributed by atoms with E-state index in [-0.39, 0.29) is 17.3 Å². The van der Waals surface area contributed by atoms with Gasteiger partial charge in [0.1, 0.15) is 5.69 Å². The molecule has 1 fully saturated rings. The second kappa shape index (κ2) is 9.64. The Morgan fingerprint density at radius 3 is 2.59 bits per heavy atom. The molecule has 1 aliphatic rings. The van der Waals surface area contributed by atoms with Gasteiger partial charge in [-0.15, -0.1) is 0 Å². The summed E-state index contributed by atoms with van der Waals surface area (Å²) in [4.78, 5) is 29.6. The third-order valence-electron chi connectivity index (χ3n) is 5.80. The Labute approximate surface area is 193 Å². The van der Waals surface area contributed by atoms with Gasteiger partial charge in [-0.25, -0.2) is 4.98 Å². The molecular weight excluding hydrogens is 451 g/mol. The SMILES string of the molecule is O=C(NC1CCN(Cc2cccc(C(F)(F)F)c2)CC1)c1ccc(-n2ccnc2)c([N+](=O)[O-])c1. The van der Waals surface area contributed by atoms with Crippen molar-refractivity contribution in [2.45, 2.75) is 31.6 Å². The standard InChI is InChI=1S/C23H22F3N5O3/c24-23(25,26)18-3-1-2-16(12-18)14-29-9-6-19(7-10-29)28-22(32)17-4-5-20(21(13-17)31(33)34)30-11-8-27-15-30/h1-5,8,11-13,15,19H,6-7,9-10,14H2,(H,28,32). The summed E-state index contributed by atoms with van der Waals surface area (Å²) in [6, 6.07) is 9.44. The minimum Gasteiger partial charge on any atom is -0.349 e. The number of nitrogens with zero attached hydrogens (tertiary/aromatic N) is 4. The minimum atomic E-state index is -4.38. The van der Waals surface area contributed by atoms with Crippen molar-refractivity contribution < 1.29 is 22.9 Å². The number of amides is 1. The Morgan fingerprint density at radius 2 is 1.94 bits per heavy atom. The average molecular weight is 473 g/mol. The van der Waals surface area contributed by atoms with Crippen molar-refractivity contribution >= 4 is 11.6 Å². The first-order chi connectivity index (χ1) is 16.2. The van der Waals surface area contributed by atoms with Crippen LogP contribution < -0.4 is 5.32 Å². The number of imidazole rings is 1. The third-order valence-corrected chi connectivity index (χ3v) is 5.80. The van der Waals surface area contributed by atoms with E-state index in [0.29, 0.717) is 43.7 Å². The Hall–Kier alpha value is -3.73. The molecule has 2 aromatic carbocycles. The predicted molar refractivity (Wildman–Crippen MR) is 117 cm³/mol. The van der Waals surface area contributed by atoms with E-state index in [9.17, 15) is 28.1 Å². The van der Waals surface area contributed by atoms with E-state index in [1.807, 2.05) is 4.90 Å². The van der Waals surface area contributed by atoms with Crippen molar-refractivity contribution in [1.82, 2.24) is 19.8 Å². The number of hydrogen-bond donors (Lipinski definition) is 1. The smallest absolute Gasteiger partial charge is 0.349 e. The summed E-state index contributed by atoms with van der Waals surface area (Å²) in [5.74, 6) is -0.406.